The molecule has 1 atom stereocenters. The summed E-state index contributed by atoms with van der Waals surface area (Å²) in [4.78, 5) is 2.17. The summed E-state index contributed by atoms with van der Waals surface area (Å²) in [6.07, 6.45) is 2.25. The third kappa shape index (κ3) is 3.72. The van der Waals surface area contributed by atoms with Crippen molar-refractivity contribution in [2.75, 3.05) is 33.9 Å². The van der Waals surface area contributed by atoms with Gasteiger partial charge in [0, 0.05) is 13.0 Å². The first-order valence-electron chi connectivity index (χ1n) is 6.23. The van der Waals surface area contributed by atoms with E-state index in [1.807, 2.05) is 12.1 Å². The quantitative estimate of drug-likeness (QED) is 0.704. The van der Waals surface area contributed by atoms with Gasteiger partial charge in [-0.1, -0.05) is 18.2 Å². The molecule has 17 heavy (non-hydrogen) atoms. The maximum Gasteiger partial charge on any atom is 0.126 e. The second-order valence-electron chi connectivity index (χ2n) is 4.78. The Hall–Kier alpha value is -1.06. The van der Waals surface area contributed by atoms with Gasteiger partial charge in [-0.3, -0.25) is 0 Å². The summed E-state index contributed by atoms with van der Waals surface area (Å²) < 4.78 is 11.4. The van der Waals surface area contributed by atoms with E-state index in [0.29, 0.717) is 6.61 Å². The Labute approximate surface area is 103 Å². The fraction of sp³-hybridized carbons (Fsp3) is 0.571. The second kappa shape index (κ2) is 6.03. The summed E-state index contributed by atoms with van der Waals surface area (Å²) in [6.45, 7) is 2.59. The van der Waals surface area contributed by atoms with Crippen LogP contribution in [-0.4, -0.2) is 44.9 Å². The zero-order chi connectivity index (χ0) is 12.1. The van der Waals surface area contributed by atoms with Gasteiger partial charge in [0.25, 0.3) is 0 Å². The van der Waals surface area contributed by atoms with E-state index in [-0.39, 0.29) is 6.10 Å². The Morgan fingerprint density at radius 3 is 2.94 bits per heavy atom. The first-order valence-corrected chi connectivity index (χ1v) is 6.23. The Morgan fingerprint density at radius 2 is 2.18 bits per heavy atom. The smallest absolute Gasteiger partial charge is 0.126 e. The van der Waals surface area contributed by atoms with Crippen molar-refractivity contribution in [1.29, 1.82) is 0 Å². The summed E-state index contributed by atoms with van der Waals surface area (Å²) in [5, 5.41) is 0. The number of hydrogen-bond donors (Lipinski definition) is 0. The van der Waals surface area contributed by atoms with Gasteiger partial charge in [0.1, 0.15) is 11.9 Å². The van der Waals surface area contributed by atoms with E-state index in [2.05, 4.69) is 31.1 Å². The Morgan fingerprint density at radius 1 is 1.35 bits per heavy atom. The van der Waals surface area contributed by atoms with Gasteiger partial charge in [0.15, 0.2) is 0 Å². The number of para-hydroxylation sites is 1. The molecule has 1 aromatic carbocycles. The normalized spacial score (nSPS) is 18.2. The van der Waals surface area contributed by atoms with Crippen molar-refractivity contribution in [1.82, 2.24) is 4.90 Å². The highest BCUT2D eigenvalue weighted by atomic mass is 16.5. The molecule has 0 saturated carbocycles. The number of rotatable bonds is 6. The van der Waals surface area contributed by atoms with Crippen LogP contribution in [0.3, 0.4) is 0 Å². The number of benzene rings is 1. The van der Waals surface area contributed by atoms with Crippen molar-refractivity contribution in [2.45, 2.75) is 18.9 Å². The summed E-state index contributed by atoms with van der Waals surface area (Å²) in [5.74, 6) is 1.02. The highest BCUT2D eigenvalue weighted by Crippen LogP contribution is 2.28. The largest absolute Gasteiger partial charge is 0.487 e. The van der Waals surface area contributed by atoms with Crippen molar-refractivity contribution in [2.24, 2.45) is 0 Å². The average Bonchev–Trinajstić information content (AvgIpc) is 2.70. The average molecular weight is 235 g/mol. The molecule has 0 spiro atoms. The van der Waals surface area contributed by atoms with E-state index in [9.17, 15) is 0 Å². The third-order valence-electron chi connectivity index (χ3n) is 2.91. The topological polar surface area (TPSA) is 21.7 Å². The molecule has 0 radical (unpaired) electrons. The Balaban J connectivity index is 1.63. The van der Waals surface area contributed by atoms with Crippen LogP contribution in [0.15, 0.2) is 24.3 Å². The lowest BCUT2D eigenvalue weighted by atomic mass is 10.1. The predicted molar refractivity (Wildman–Crippen MR) is 68.6 cm³/mol. The molecule has 3 nitrogen and oxygen atoms in total. The van der Waals surface area contributed by atoms with E-state index in [4.69, 9.17) is 9.47 Å². The molecule has 1 unspecified atom stereocenters. The molecule has 2 rings (SSSR count). The van der Waals surface area contributed by atoms with Crippen LogP contribution in [0, 0.1) is 0 Å². The van der Waals surface area contributed by atoms with Gasteiger partial charge < -0.3 is 14.4 Å². The Kier molecular flexibility index (Phi) is 4.40. The van der Waals surface area contributed by atoms with Crippen LogP contribution in [0.4, 0.5) is 0 Å². The standard InChI is InChI=1S/C14H21NO2/c1-15(2)8-5-9-16-11-13-10-12-6-3-4-7-14(12)17-13/h3-4,6-7,13H,5,8-11H2,1-2H3. The summed E-state index contributed by atoms with van der Waals surface area (Å²) in [7, 11) is 4.16. The van der Waals surface area contributed by atoms with Crippen molar-refractivity contribution in [3.05, 3.63) is 29.8 Å². The summed E-state index contributed by atoms with van der Waals surface area (Å²) >= 11 is 0. The monoisotopic (exact) mass is 235 g/mol. The van der Waals surface area contributed by atoms with E-state index in [0.717, 1.165) is 31.7 Å². The molecule has 0 N–H and O–H groups in total. The molecule has 1 aliphatic rings. The van der Waals surface area contributed by atoms with Crippen molar-refractivity contribution in [3.8, 4) is 5.75 Å². The van der Waals surface area contributed by atoms with Gasteiger partial charge in [-0.15, -0.1) is 0 Å². The van der Waals surface area contributed by atoms with E-state index >= 15 is 0 Å². The molecule has 0 saturated heterocycles. The van der Waals surface area contributed by atoms with E-state index in [1.165, 1.54) is 5.56 Å². The van der Waals surface area contributed by atoms with Crippen LogP contribution in [0.25, 0.3) is 0 Å². The van der Waals surface area contributed by atoms with E-state index in [1.54, 1.807) is 0 Å². The van der Waals surface area contributed by atoms with Crippen LogP contribution in [-0.2, 0) is 11.2 Å². The third-order valence-corrected chi connectivity index (χ3v) is 2.91. The van der Waals surface area contributed by atoms with Gasteiger partial charge >= 0.3 is 0 Å². The van der Waals surface area contributed by atoms with Crippen LogP contribution in [0.1, 0.15) is 12.0 Å². The van der Waals surface area contributed by atoms with E-state index < -0.39 is 0 Å². The fourth-order valence-corrected chi connectivity index (χ4v) is 2.04. The number of ether oxygens (including phenoxy) is 2. The highest BCUT2D eigenvalue weighted by Gasteiger charge is 2.21. The number of nitrogens with zero attached hydrogens (tertiary/aromatic N) is 1. The molecule has 1 aliphatic heterocycles. The second-order valence-corrected chi connectivity index (χ2v) is 4.78. The van der Waals surface area contributed by atoms with Gasteiger partial charge in [0.2, 0.25) is 0 Å². The van der Waals surface area contributed by atoms with Crippen LogP contribution in [0.5, 0.6) is 5.75 Å². The van der Waals surface area contributed by atoms with Crippen molar-refractivity contribution in [3.63, 3.8) is 0 Å². The zero-order valence-electron chi connectivity index (χ0n) is 10.7. The highest BCUT2D eigenvalue weighted by molar-refractivity contribution is 5.37. The lowest BCUT2D eigenvalue weighted by Crippen LogP contribution is -2.22. The molecule has 0 aliphatic carbocycles. The summed E-state index contributed by atoms with van der Waals surface area (Å²) in [6, 6.07) is 8.23. The maximum absolute atomic E-state index is 5.80. The van der Waals surface area contributed by atoms with Gasteiger partial charge in [-0.05, 0) is 38.7 Å². The maximum atomic E-state index is 5.80. The lowest BCUT2D eigenvalue weighted by molar-refractivity contribution is 0.0570. The Bertz CT molecular complexity index is 327. The minimum absolute atomic E-state index is 0.201. The first-order chi connectivity index (χ1) is 8.25. The van der Waals surface area contributed by atoms with Gasteiger partial charge in [-0.25, -0.2) is 0 Å². The SMILES string of the molecule is CN(C)CCCOCC1Cc2ccccc2O1. The molecular weight excluding hydrogens is 214 g/mol. The van der Waals surface area contributed by atoms with Gasteiger partial charge in [0.05, 0.1) is 6.61 Å². The predicted octanol–water partition coefficient (Wildman–Crippen LogP) is 1.96. The molecule has 0 fully saturated rings. The van der Waals surface area contributed by atoms with Crippen LogP contribution >= 0.6 is 0 Å². The molecule has 0 aromatic heterocycles. The van der Waals surface area contributed by atoms with Crippen molar-refractivity contribution < 1.29 is 9.47 Å². The first kappa shape index (κ1) is 12.4. The number of hydrogen-bond acceptors (Lipinski definition) is 3. The van der Waals surface area contributed by atoms with Crippen molar-refractivity contribution >= 4 is 0 Å². The molecule has 1 heterocycles. The summed E-state index contributed by atoms with van der Waals surface area (Å²) in [5.41, 5.74) is 1.30. The van der Waals surface area contributed by atoms with Crippen LogP contribution in [0.2, 0.25) is 0 Å². The molecular formula is C14H21NO2. The molecule has 0 bridgehead atoms. The molecule has 0 amide bonds. The molecule has 94 valence electrons. The van der Waals surface area contributed by atoms with Gasteiger partial charge in [-0.2, -0.15) is 0 Å². The fourth-order valence-electron chi connectivity index (χ4n) is 2.04. The zero-order valence-corrected chi connectivity index (χ0v) is 10.7. The lowest BCUT2D eigenvalue weighted by Gasteiger charge is -2.12. The minimum atomic E-state index is 0.201. The number of fused-ring (bicyclic) bond motifs is 1. The van der Waals surface area contributed by atoms with Crippen LogP contribution < -0.4 is 4.74 Å². The molecule has 3 heteroatoms. The minimum Gasteiger partial charge on any atom is -0.487 e. The molecule has 1 aromatic rings.